The molecule has 178 valence electrons. The van der Waals surface area contributed by atoms with Crippen molar-refractivity contribution in [1.82, 2.24) is 10.6 Å². The summed E-state index contributed by atoms with van der Waals surface area (Å²) < 4.78 is 0. The Morgan fingerprint density at radius 1 is 1.00 bits per heavy atom. The van der Waals surface area contributed by atoms with Crippen LogP contribution in [0.25, 0.3) is 0 Å². The van der Waals surface area contributed by atoms with Crippen LogP contribution in [0.3, 0.4) is 0 Å². The van der Waals surface area contributed by atoms with Crippen LogP contribution in [0.4, 0.5) is 0 Å². The number of rotatable bonds is 16. The first-order valence-corrected chi connectivity index (χ1v) is 13.0. The molecule has 0 saturated heterocycles. The number of carbonyl (C=O) groups is 1. The standard InChI is InChI=1S/C26H52N2O2/c1-6-7-16-28-26(30)23(21(4)5)19-25(29)24(18-22-14-9-8-10-15-22)27-17-12-11-13-20(2)3/h20-25,27,29H,6-19H2,1-5H3,(H,28,30). The van der Waals surface area contributed by atoms with Crippen LogP contribution >= 0.6 is 0 Å². The van der Waals surface area contributed by atoms with Crippen molar-refractivity contribution in [2.24, 2.45) is 23.7 Å². The molecule has 3 atom stereocenters. The van der Waals surface area contributed by atoms with Crippen LogP contribution in [0, 0.1) is 23.7 Å². The van der Waals surface area contributed by atoms with Gasteiger partial charge >= 0.3 is 0 Å². The Morgan fingerprint density at radius 3 is 2.30 bits per heavy atom. The maximum absolute atomic E-state index is 12.7. The van der Waals surface area contributed by atoms with E-state index in [0.29, 0.717) is 6.42 Å². The lowest BCUT2D eigenvalue weighted by Crippen LogP contribution is -2.45. The minimum absolute atomic E-state index is 0.108. The van der Waals surface area contributed by atoms with Crippen molar-refractivity contribution < 1.29 is 9.90 Å². The van der Waals surface area contributed by atoms with Crippen LogP contribution in [0.1, 0.15) is 112 Å². The van der Waals surface area contributed by atoms with Crippen LogP contribution in [0.15, 0.2) is 0 Å². The number of carbonyl (C=O) groups excluding carboxylic acids is 1. The predicted molar refractivity (Wildman–Crippen MR) is 129 cm³/mol. The normalized spacial score (nSPS) is 18.5. The molecule has 0 aromatic carbocycles. The summed E-state index contributed by atoms with van der Waals surface area (Å²) in [5, 5.41) is 18.0. The molecule has 0 aromatic rings. The summed E-state index contributed by atoms with van der Waals surface area (Å²) in [7, 11) is 0. The molecular formula is C26H52N2O2. The SMILES string of the molecule is CCCCNC(=O)C(CC(O)C(CC1CCCCC1)NCCCCC(C)C)C(C)C. The van der Waals surface area contributed by atoms with Crippen LogP contribution in [-0.4, -0.2) is 36.2 Å². The van der Waals surface area contributed by atoms with Crippen molar-refractivity contribution in [1.29, 1.82) is 0 Å². The summed E-state index contributed by atoms with van der Waals surface area (Å²) in [6.07, 6.45) is 13.5. The lowest BCUT2D eigenvalue weighted by Gasteiger charge is -2.32. The lowest BCUT2D eigenvalue weighted by atomic mass is 9.81. The molecule has 30 heavy (non-hydrogen) atoms. The molecule has 1 aliphatic rings. The monoisotopic (exact) mass is 424 g/mol. The molecule has 1 saturated carbocycles. The molecule has 1 amide bonds. The van der Waals surface area contributed by atoms with Gasteiger partial charge in [-0.2, -0.15) is 0 Å². The van der Waals surface area contributed by atoms with E-state index in [2.05, 4.69) is 45.3 Å². The third-order valence-corrected chi connectivity index (χ3v) is 6.86. The molecule has 0 spiro atoms. The number of unbranched alkanes of at least 4 members (excludes halogenated alkanes) is 2. The molecule has 4 heteroatoms. The Balaban J connectivity index is 2.64. The molecular weight excluding hydrogens is 372 g/mol. The molecule has 1 aliphatic carbocycles. The van der Waals surface area contributed by atoms with Gasteiger partial charge in [0, 0.05) is 18.5 Å². The van der Waals surface area contributed by atoms with Crippen molar-refractivity contribution >= 4 is 5.91 Å². The van der Waals surface area contributed by atoms with Crippen LogP contribution < -0.4 is 10.6 Å². The predicted octanol–water partition coefficient (Wildman–Crippen LogP) is 5.68. The van der Waals surface area contributed by atoms with E-state index in [1.165, 1.54) is 44.9 Å². The van der Waals surface area contributed by atoms with Crippen molar-refractivity contribution in [2.45, 2.75) is 124 Å². The fourth-order valence-corrected chi connectivity index (χ4v) is 4.75. The average molecular weight is 425 g/mol. The first-order chi connectivity index (χ1) is 14.3. The molecule has 1 rings (SSSR count). The number of nitrogens with one attached hydrogen (secondary N) is 2. The molecule has 3 unspecified atom stereocenters. The Labute approximate surface area is 187 Å². The summed E-state index contributed by atoms with van der Waals surface area (Å²) in [6.45, 7) is 12.6. The van der Waals surface area contributed by atoms with E-state index in [1.54, 1.807) is 0 Å². The number of hydrogen-bond acceptors (Lipinski definition) is 3. The molecule has 0 radical (unpaired) electrons. The van der Waals surface area contributed by atoms with Gasteiger partial charge in [0.05, 0.1) is 6.10 Å². The molecule has 1 fully saturated rings. The van der Waals surface area contributed by atoms with Crippen LogP contribution in [0.5, 0.6) is 0 Å². The first kappa shape index (κ1) is 27.4. The Hall–Kier alpha value is -0.610. The highest BCUT2D eigenvalue weighted by molar-refractivity contribution is 5.78. The van der Waals surface area contributed by atoms with Crippen LogP contribution in [0.2, 0.25) is 0 Å². The van der Waals surface area contributed by atoms with Gasteiger partial charge in [0.1, 0.15) is 0 Å². The second-order valence-electron chi connectivity index (χ2n) is 10.5. The topological polar surface area (TPSA) is 61.4 Å². The molecule has 0 bridgehead atoms. The quantitative estimate of drug-likeness (QED) is 0.279. The van der Waals surface area contributed by atoms with Gasteiger partial charge in [-0.3, -0.25) is 4.79 Å². The summed E-state index contributed by atoms with van der Waals surface area (Å²) in [4.78, 5) is 12.7. The van der Waals surface area contributed by atoms with Gasteiger partial charge in [0.2, 0.25) is 5.91 Å². The zero-order valence-corrected chi connectivity index (χ0v) is 20.7. The summed E-state index contributed by atoms with van der Waals surface area (Å²) in [5.41, 5.74) is 0. The molecule has 0 aliphatic heterocycles. The van der Waals surface area contributed by atoms with E-state index < -0.39 is 6.10 Å². The maximum Gasteiger partial charge on any atom is 0.223 e. The highest BCUT2D eigenvalue weighted by Crippen LogP contribution is 2.29. The van der Waals surface area contributed by atoms with E-state index in [1.807, 2.05) is 0 Å². The zero-order chi connectivity index (χ0) is 22.4. The van der Waals surface area contributed by atoms with Gasteiger partial charge in [-0.25, -0.2) is 0 Å². The minimum atomic E-state index is -0.457. The van der Waals surface area contributed by atoms with E-state index >= 15 is 0 Å². The van der Waals surface area contributed by atoms with Crippen molar-refractivity contribution in [3.63, 3.8) is 0 Å². The Morgan fingerprint density at radius 2 is 1.70 bits per heavy atom. The first-order valence-electron chi connectivity index (χ1n) is 13.0. The smallest absolute Gasteiger partial charge is 0.223 e. The zero-order valence-electron chi connectivity index (χ0n) is 20.7. The largest absolute Gasteiger partial charge is 0.391 e. The number of hydrogen-bond donors (Lipinski definition) is 3. The molecule has 4 nitrogen and oxygen atoms in total. The maximum atomic E-state index is 12.7. The molecule has 0 heterocycles. The van der Waals surface area contributed by atoms with Gasteiger partial charge in [0.15, 0.2) is 0 Å². The summed E-state index contributed by atoms with van der Waals surface area (Å²) in [6, 6.07) is 0.108. The van der Waals surface area contributed by atoms with Gasteiger partial charge in [0.25, 0.3) is 0 Å². The third-order valence-electron chi connectivity index (χ3n) is 6.86. The number of aliphatic hydroxyl groups excluding tert-OH is 1. The average Bonchev–Trinajstić information content (AvgIpc) is 2.71. The second kappa shape index (κ2) is 16.1. The fraction of sp³-hybridized carbons (Fsp3) is 0.962. The second-order valence-corrected chi connectivity index (χ2v) is 10.5. The fourth-order valence-electron chi connectivity index (χ4n) is 4.75. The van der Waals surface area contributed by atoms with Crippen molar-refractivity contribution in [3.05, 3.63) is 0 Å². The third kappa shape index (κ3) is 11.7. The molecule has 3 N–H and O–H groups in total. The van der Waals surface area contributed by atoms with Gasteiger partial charge < -0.3 is 15.7 Å². The van der Waals surface area contributed by atoms with Gasteiger partial charge in [-0.05, 0) is 50.0 Å². The van der Waals surface area contributed by atoms with E-state index in [0.717, 1.165) is 50.6 Å². The van der Waals surface area contributed by atoms with Gasteiger partial charge in [-0.1, -0.05) is 86.0 Å². The Bertz CT molecular complexity index is 433. The number of amides is 1. The highest BCUT2D eigenvalue weighted by atomic mass is 16.3. The highest BCUT2D eigenvalue weighted by Gasteiger charge is 2.30. The lowest BCUT2D eigenvalue weighted by molar-refractivity contribution is -0.127. The van der Waals surface area contributed by atoms with E-state index in [4.69, 9.17) is 0 Å². The Kier molecular flexibility index (Phi) is 14.7. The molecule has 0 aromatic heterocycles. The van der Waals surface area contributed by atoms with Crippen LogP contribution in [-0.2, 0) is 4.79 Å². The summed E-state index contributed by atoms with van der Waals surface area (Å²) >= 11 is 0. The minimum Gasteiger partial charge on any atom is -0.391 e. The van der Waals surface area contributed by atoms with E-state index in [9.17, 15) is 9.90 Å². The van der Waals surface area contributed by atoms with Crippen molar-refractivity contribution in [2.75, 3.05) is 13.1 Å². The van der Waals surface area contributed by atoms with Crippen molar-refractivity contribution in [3.8, 4) is 0 Å². The summed E-state index contributed by atoms with van der Waals surface area (Å²) in [5.74, 6) is 1.71. The van der Waals surface area contributed by atoms with E-state index in [-0.39, 0.29) is 23.8 Å². The number of aliphatic hydroxyl groups is 1. The van der Waals surface area contributed by atoms with Gasteiger partial charge in [-0.15, -0.1) is 0 Å².